The fraction of sp³-hybridized carbons (Fsp3) is 0.645. The summed E-state index contributed by atoms with van der Waals surface area (Å²) in [6.45, 7) is 10.6. The summed E-state index contributed by atoms with van der Waals surface area (Å²) in [6, 6.07) is 7.42. The molecule has 1 rings (SSSR count). The fourth-order valence-electron chi connectivity index (χ4n) is 4.24. The lowest BCUT2D eigenvalue weighted by atomic mass is 10.0. The molecule has 1 aromatic rings. The number of carbonyl (C=O) groups is 2. The van der Waals surface area contributed by atoms with Crippen molar-refractivity contribution in [1.29, 1.82) is 0 Å². The molecule has 0 saturated heterocycles. The van der Waals surface area contributed by atoms with Gasteiger partial charge in [-0.2, -0.15) is 0 Å². The molecule has 0 atom stereocenters. The molecule has 0 bridgehead atoms. The van der Waals surface area contributed by atoms with E-state index in [-0.39, 0.29) is 18.3 Å². The van der Waals surface area contributed by atoms with Gasteiger partial charge in [-0.15, -0.1) is 0 Å². The van der Waals surface area contributed by atoms with Crippen LogP contribution in [0.2, 0.25) is 0 Å². The van der Waals surface area contributed by atoms with Gasteiger partial charge in [0, 0.05) is 18.5 Å². The van der Waals surface area contributed by atoms with Crippen molar-refractivity contribution in [3.05, 3.63) is 52.7 Å². The molecule has 1 amide bonds. The molecule has 0 fully saturated rings. The lowest BCUT2D eigenvalue weighted by molar-refractivity contribution is -0.138. The van der Waals surface area contributed by atoms with Gasteiger partial charge in [-0.1, -0.05) is 109 Å². The predicted octanol–water partition coefficient (Wildman–Crippen LogP) is 8.68. The van der Waals surface area contributed by atoms with Crippen molar-refractivity contribution < 1.29 is 19.4 Å². The summed E-state index contributed by atoms with van der Waals surface area (Å²) in [4.78, 5) is 26.9. The predicted molar refractivity (Wildman–Crippen MR) is 151 cm³/mol. The minimum Gasteiger partial charge on any atom is -0.523 e. The molecule has 0 heterocycles. The van der Waals surface area contributed by atoms with Crippen LogP contribution in [-0.4, -0.2) is 23.6 Å². The van der Waals surface area contributed by atoms with Crippen molar-refractivity contribution in [3.63, 3.8) is 0 Å². The number of nitrogens with one attached hydrogen (secondary N) is 1. The summed E-state index contributed by atoms with van der Waals surface area (Å²) < 4.78 is 5.03. The summed E-state index contributed by atoms with van der Waals surface area (Å²) in [5, 5.41) is 12.2. The van der Waals surface area contributed by atoms with Crippen LogP contribution < -0.4 is 5.32 Å². The molecule has 0 aliphatic carbocycles. The maximum absolute atomic E-state index is 12.2. The Morgan fingerprint density at radius 2 is 1.32 bits per heavy atom. The van der Waals surface area contributed by atoms with E-state index in [1.807, 2.05) is 24.3 Å². The van der Waals surface area contributed by atoms with Crippen molar-refractivity contribution >= 4 is 17.6 Å². The molecule has 0 aromatic heterocycles. The highest BCUT2D eigenvalue weighted by Gasteiger charge is 2.14. The van der Waals surface area contributed by atoms with E-state index in [1.165, 1.54) is 90.4 Å². The van der Waals surface area contributed by atoms with E-state index < -0.39 is 11.7 Å². The number of unbranched alkanes of at least 4 members (excludes halogenated alkanes) is 14. The SMILES string of the molecule is [C-]#[N+]/C(C(=O)OCCc1ccc(NC(=O)CCCCCCCCCCCCCCCCC)cc1)=C(\C)O. The summed E-state index contributed by atoms with van der Waals surface area (Å²) in [7, 11) is 0. The average Bonchev–Trinajstić information content (AvgIpc) is 2.87. The molecular weight excluding hydrogens is 464 g/mol. The number of aliphatic hydroxyl groups is 1. The van der Waals surface area contributed by atoms with Gasteiger partial charge < -0.3 is 15.2 Å². The van der Waals surface area contributed by atoms with Crippen LogP contribution >= 0.6 is 0 Å². The Morgan fingerprint density at radius 1 is 0.838 bits per heavy atom. The highest BCUT2D eigenvalue weighted by Crippen LogP contribution is 2.15. The van der Waals surface area contributed by atoms with Gasteiger partial charge in [-0.3, -0.25) is 9.59 Å². The number of rotatable bonds is 21. The van der Waals surface area contributed by atoms with Crippen molar-refractivity contribution in [2.45, 2.75) is 123 Å². The molecule has 0 saturated carbocycles. The highest BCUT2D eigenvalue weighted by molar-refractivity contribution is 5.91. The minimum atomic E-state index is -0.822. The second kappa shape index (κ2) is 21.3. The monoisotopic (exact) mass is 512 g/mol. The Morgan fingerprint density at radius 3 is 1.78 bits per heavy atom. The van der Waals surface area contributed by atoms with Gasteiger partial charge in [0.15, 0.2) is 0 Å². The molecule has 0 aliphatic rings. The lowest BCUT2D eigenvalue weighted by Gasteiger charge is -2.08. The van der Waals surface area contributed by atoms with Crippen molar-refractivity contribution in [2.24, 2.45) is 0 Å². The third-order valence-corrected chi connectivity index (χ3v) is 6.52. The minimum absolute atomic E-state index is 0.0363. The van der Waals surface area contributed by atoms with E-state index in [2.05, 4.69) is 17.1 Å². The van der Waals surface area contributed by atoms with Gasteiger partial charge in [-0.05, 0) is 31.0 Å². The van der Waals surface area contributed by atoms with Crippen LogP contribution in [0.1, 0.15) is 122 Å². The molecule has 0 spiro atoms. The molecule has 2 N–H and O–H groups in total. The van der Waals surface area contributed by atoms with Gasteiger partial charge in [0.25, 0.3) is 0 Å². The number of anilines is 1. The molecule has 206 valence electrons. The first kappa shape index (κ1) is 32.2. The van der Waals surface area contributed by atoms with Crippen molar-refractivity contribution in [1.82, 2.24) is 0 Å². The van der Waals surface area contributed by atoms with E-state index in [0.29, 0.717) is 12.8 Å². The Bertz CT molecular complexity index is 836. The van der Waals surface area contributed by atoms with Gasteiger partial charge in [0.1, 0.15) is 5.76 Å². The second-order valence-electron chi connectivity index (χ2n) is 9.88. The largest absolute Gasteiger partial charge is 0.523 e. The zero-order chi connectivity index (χ0) is 27.1. The zero-order valence-corrected chi connectivity index (χ0v) is 23.2. The number of amides is 1. The first-order valence-electron chi connectivity index (χ1n) is 14.3. The van der Waals surface area contributed by atoms with Crippen LogP contribution in [0.3, 0.4) is 0 Å². The molecule has 6 nitrogen and oxygen atoms in total. The smallest absolute Gasteiger partial charge is 0.339 e. The number of allylic oxidation sites excluding steroid dienone is 1. The first-order valence-corrected chi connectivity index (χ1v) is 14.3. The number of hydrogen-bond acceptors (Lipinski definition) is 4. The van der Waals surface area contributed by atoms with Gasteiger partial charge in [0.2, 0.25) is 5.91 Å². The quantitative estimate of drug-likeness (QED) is 0.0567. The van der Waals surface area contributed by atoms with Gasteiger partial charge in [0.05, 0.1) is 13.2 Å². The van der Waals surface area contributed by atoms with Crippen molar-refractivity contribution in [2.75, 3.05) is 11.9 Å². The van der Waals surface area contributed by atoms with E-state index in [1.54, 1.807) is 0 Å². The molecule has 0 radical (unpaired) electrons. The third kappa shape index (κ3) is 16.5. The normalized spacial score (nSPS) is 11.5. The third-order valence-electron chi connectivity index (χ3n) is 6.52. The molecule has 0 unspecified atom stereocenters. The fourth-order valence-corrected chi connectivity index (χ4v) is 4.24. The number of nitrogens with zero attached hydrogens (tertiary/aromatic N) is 1. The summed E-state index contributed by atoms with van der Waals surface area (Å²) in [5.41, 5.74) is 1.30. The van der Waals surface area contributed by atoms with Crippen LogP contribution in [-0.2, 0) is 20.7 Å². The number of aliphatic hydroxyl groups excluding tert-OH is 1. The van der Waals surface area contributed by atoms with Crippen LogP contribution in [0.4, 0.5) is 5.69 Å². The Balaban J connectivity index is 2.03. The topological polar surface area (TPSA) is 80.0 Å². The van der Waals surface area contributed by atoms with E-state index in [9.17, 15) is 14.7 Å². The standard InChI is InChI=1S/C31H48N2O4/c1-4-5-6-7-8-9-10-11-12-13-14-15-16-17-18-19-29(35)33-28-22-20-27(21-23-28)24-25-37-31(36)30(32-3)26(2)34/h20-23,34H,4-19,24-25H2,1-2H3,(H,33,35)/b30-26+. The zero-order valence-electron chi connectivity index (χ0n) is 23.2. The number of ether oxygens (including phenoxy) is 1. The summed E-state index contributed by atoms with van der Waals surface area (Å²) in [6.07, 6.45) is 20.7. The Labute approximate surface area is 224 Å². The number of carbonyl (C=O) groups excluding carboxylic acids is 2. The molecule has 37 heavy (non-hydrogen) atoms. The average molecular weight is 513 g/mol. The Kier molecular flexibility index (Phi) is 18.5. The highest BCUT2D eigenvalue weighted by atomic mass is 16.5. The summed E-state index contributed by atoms with van der Waals surface area (Å²) in [5.74, 6) is -1.13. The first-order chi connectivity index (χ1) is 18.0. The van der Waals surface area contributed by atoms with Crippen LogP contribution in [0.15, 0.2) is 35.7 Å². The van der Waals surface area contributed by atoms with E-state index >= 15 is 0 Å². The Hall–Kier alpha value is -2.81. The van der Waals surface area contributed by atoms with Crippen molar-refractivity contribution in [3.8, 4) is 0 Å². The maximum atomic E-state index is 12.2. The van der Waals surface area contributed by atoms with E-state index in [0.717, 1.165) is 24.1 Å². The lowest BCUT2D eigenvalue weighted by Crippen LogP contribution is -2.11. The van der Waals surface area contributed by atoms with E-state index in [4.69, 9.17) is 11.3 Å². The molecule has 0 aliphatic heterocycles. The molecular formula is C31H48N2O4. The van der Waals surface area contributed by atoms with Crippen LogP contribution in [0, 0.1) is 6.57 Å². The number of hydrogen-bond donors (Lipinski definition) is 2. The number of benzene rings is 1. The van der Waals surface area contributed by atoms with Crippen LogP contribution in [0.25, 0.3) is 4.85 Å². The van der Waals surface area contributed by atoms with Gasteiger partial charge in [-0.25, -0.2) is 4.85 Å². The summed E-state index contributed by atoms with van der Waals surface area (Å²) >= 11 is 0. The molecule has 6 heteroatoms. The maximum Gasteiger partial charge on any atom is 0.339 e. The number of esters is 1. The molecule has 1 aromatic carbocycles. The van der Waals surface area contributed by atoms with Crippen LogP contribution in [0.5, 0.6) is 0 Å². The second-order valence-corrected chi connectivity index (χ2v) is 9.88. The van der Waals surface area contributed by atoms with Gasteiger partial charge >= 0.3 is 11.7 Å².